The Bertz CT molecular complexity index is 595. The molecule has 1 rings (SSSR count). The van der Waals surface area contributed by atoms with Crippen LogP contribution in [0.25, 0.3) is 0 Å². The highest BCUT2D eigenvalue weighted by atomic mass is 32.2. The van der Waals surface area contributed by atoms with E-state index in [0.717, 1.165) is 18.4 Å². The molecule has 7 heteroatoms. The number of ether oxygens (including phenoxy) is 1. The van der Waals surface area contributed by atoms with Crippen molar-refractivity contribution >= 4 is 16.1 Å². The highest BCUT2D eigenvalue weighted by Gasteiger charge is 2.05. The SMILES string of the molecule is CS(=O)(=O)OCC#CCOC(=O)c1ccc(F)cc1. The van der Waals surface area contributed by atoms with E-state index < -0.39 is 21.9 Å². The van der Waals surface area contributed by atoms with Crippen LogP contribution in [0, 0.1) is 17.7 Å². The zero-order valence-electron chi connectivity index (χ0n) is 10.1. The van der Waals surface area contributed by atoms with E-state index in [1.807, 2.05) is 0 Å². The Morgan fingerprint density at radius 3 is 2.37 bits per heavy atom. The van der Waals surface area contributed by atoms with E-state index in [4.69, 9.17) is 4.74 Å². The summed E-state index contributed by atoms with van der Waals surface area (Å²) in [7, 11) is -3.52. The van der Waals surface area contributed by atoms with Crippen molar-refractivity contribution in [3.63, 3.8) is 0 Å². The number of halogens is 1. The van der Waals surface area contributed by atoms with E-state index in [2.05, 4.69) is 16.0 Å². The topological polar surface area (TPSA) is 69.7 Å². The monoisotopic (exact) mass is 286 g/mol. The number of benzene rings is 1. The lowest BCUT2D eigenvalue weighted by atomic mass is 10.2. The second-order valence-corrected chi connectivity index (χ2v) is 5.05. The number of esters is 1. The van der Waals surface area contributed by atoms with Gasteiger partial charge in [-0.3, -0.25) is 4.18 Å². The van der Waals surface area contributed by atoms with Crippen LogP contribution >= 0.6 is 0 Å². The molecule has 0 atom stereocenters. The van der Waals surface area contributed by atoms with Crippen LogP contribution in [-0.4, -0.2) is 33.9 Å². The van der Waals surface area contributed by atoms with Crippen molar-refractivity contribution < 1.29 is 26.5 Å². The van der Waals surface area contributed by atoms with Gasteiger partial charge in [0.25, 0.3) is 10.1 Å². The van der Waals surface area contributed by atoms with Gasteiger partial charge in [-0.2, -0.15) is 8.42 Å². The van der Waals surface area contributed by atoms with Crippen molar-refractivity contribution in [3.05, 3.63) is 35.6 Å². The van der Waals surface area contributed by atoms with E-state index in [1.165, 1.54) is 12.1 Å². The average Bonchev–Trinajstić information content (AvgIpc) is 2.33. The molecule has 0 saturated heterocycles. The van der Waals surface area contributed by atoms with Crippen LogP contribution in [0.4, 0.5) is 4.39 Å². The van der Waals surface area contributed by atoms with E-state index in [-0.39, 0.29) is 18.8 Å². The molecule has 0 amide bonds. The third kappa shape index (κ3) is 6.55. The molecule has 102 valence electrons. The maximum Gasteiger partial charge on any atom is 0.339 e. The van der Waals surface area contributed by atoms with Crippen molar-refractivity contribution in [1.29, 1.82) is 0 Å². The molecular weight excluding hydrogens is 275 g/mol. The van der Waals surface area contributed by atoms with E-state index in [1.54, 1.807) is 0 Å². The van der Waals surface area contributed by atoms with Gasteiger partial charge in [-0.15, -0.1) is 0 Å². The van der Waals surface area contributed by atoms with Gasteiger partial charge in [0.2, 0.25) is 0 Å². The Kier molecular flexibility index (Phi) is 5.48. The number of carbonyl (C=O) groups excluding carboxylic acids is 1. The highest BCUT2D eigenvalue weighted by molar-refractivity contribution is 7.85. The third-order valence-corrected chi connectivity index (χ3v) is 2.37. The molecule has 0 aliphatic heterocycles. The number of hydrogen-bond donors (Lipinski definition) is 0. The fraction of sp³-hybridized carbons (Fsp3) is 0.250. The molecule has 0 fully saturated rings. The summed E-state index contributed by atoms with van der Waals surface area (Å²) < 4.78 is 42.9. The van der Waals surface area contributed by atoms with Crippen LogP contribution < -0.4 is 0 Å². The van der Waals surface area contributed by atoms with Gasteiger partial charge in [-0.05, 0) is 24.3 Å². The molecule has 0 aromatic heterocycles. The molecule has 5 nitrogen and oxygen atoms in total. The van der Waals surface area contributed by atoms with E-state index >= 15 is 0 Å². The summed E-state index contributed by atoms with van der Waals surface area (Å²) in [5.41, 5.74) is 0.204. The summed E-state index contributed by atoms with van der Waals surface area (Å²) in [4.78, 5) is 11.4. The number of hydrogen-bond acceptors (Lipinski definition) is 5. The average molecular weight is 286 g/mol. The molecular formula is C12H11FO5S. The highest BCUT2D eigenvalue weighted by Crippen LogP contribution is 2.04. The largest absolute Gasteiger partial charge is 0.449 e. The van der Waals surface area contributed by atoms with Crippen LogP contribution in [0.2, 0.25) is 0 Å². The summed E-state index contributed by atoms with van der Waals surface area (Å²) in [6.07, 6.45) is 0.906. The third-order valence-electron chi connectivity index (χ3n) is 1.83. The molecule has 0 aliphatic rings. The smallest absolute Gasteiger partial charge is 0.339 e. The molecule has 0 unspecified atom stereocenters. The zero-order valence-corrected chi connectivity index (χ0v) is 10.9. The molecule has 1 aromatic rings. The quantitative estimate of drug-likeness (QED) is 0.468. The molecule has 0 saturated carbocycles. The van der Waals surface area contributed by atoms with Crippen molar-refractivity contribution in [2.24, 2.45) is 0 Å². The molecule has 0 spiro atoms. The van der Waals surface area contributed by atoms with Crippen molar-refractivity contribution in [3.8, 4) is 11.8 Å². The lowest BCUT2D eigenvalue weighted by Gasteiger charge is -2.00. The van der Waals surface area contributed by atoms with Crippen LogP contribution in [-0.2, 0) is 19.0 Å². The second kappa shape index (κ2) is 6.87. The lowest BCUT2D eigenvalue weighted by molar-refractivity contribution is 0.0556. The summed E-state index contributed by atoms with van der Waals surface area (Å²) in [6, 6.07) is 4.86. The normalized spacial score (nSPS) is 10.4. The molecule has 0 heterocycles. The van der Waals surface area contributed by atoms with Crippen LogP contribution in [0.15, 0.2) is 24.3 Å². The minimum Gasteiger partial charge on any atom is -0.449 e. The Morgan fingerprint density at radius 2 is 1.79 bits per heavy atom. The van der Waals surface area contributed by atoms with Gasteiger partial charge in [0.15, 0.2) is 6.61 Å². The lowest BCUT2D eigenvalue weighted by Crippen LogP contribution is -2.06. The van der Waals surface area contributed by atoms with Crippen LogP contribution in [0.3, 0.4) is 0 Å². The first kappa shape index (κ1) is 15.1. The van der Waals surface area contributed by atoms with Crippen LogP contribution in [0.5, 0.6) is 0 Å². The minimum atomic E-state index is -3.52. The molecule has 0 bridgehead atoms. The van der Waals surface area contributed by atoms with Crippen molar-refractivity contribution in [1.82, 2.24) is 0 Å². The molecule has 0 aliphatic carbocycles. The van der Waals surface area contributed by atoms with Crippen LogP contribution in [0.1, 0.15) is 10.4 Å². The standard InChI is InChI=1S/C12H11FO5S/c1-19(15,16)18-9-3-2-8-17-12(14)10-4-6-11(13)7-5-10/h4-7H,8-9H2,1H3. The van der Waals surface area contributed by atoms with Gasteiger partial charge < -0.3 is 4.74 Å². The summed E-state index contributed by atoms with van der Waals surface area (Å²) in [5, 5.41) is 0. The summed E-state index contributed by atoms with van der Waals surface area (Å²) in [6.45, 7) is -0.504. The fourth-order valence-corrected chi connectivity index (χ4v) is 1.28. The molecule has 0 N–H and O–H groups in total. The number of carbonyl (C=O) groups is 1. The van der Waals surface area contributed by atoms with Gasteiger partial charge in [0, 0.05) is 0 Å². The second-order valence-electron chi connectivity index (χ2n) is 3.40. The minimum absolute atomic E-state index is 0.204. The first-order valence-corrected chi connectivity index (χ1v) is 6.93. The van der Waals surface area contributed by atoms with Gasteiger partial charge in [-0.25, -0.2) is 9.18 Å². The Morgan fingerprint density at radius 1 is 1.21 bits per heavy atom. The van der Waals surface area contributed by atoms with Gasteiger partial charge >= 0.3 is 5.97 Å². The molecule has 1 aromatic carbocycles. The first-order valence-electron chi connectivity index (χ1n) is 5.11. The zero-order chi connectivity index (χ0) is 14.3. The van der Waals surface area contributed by atoms with Gasteiger partial charge in [0.05, 0.1) is 11.8 Å². The predicted molar refractivity (Wildman–Crippen MR) is 65.3 cm³/mol. The molecule has 0 radical (unpaired) electrons. The summed E-state index contributed by atoms with van der Waals surface area (Å²) in [5.74, 6) is 3.69. The van der Waals surface area contributed by atoms with Gasteiger partial charge in [0.1, 0.15) is 12.4 Å². The number of rotatable bonds is 4. The van der Waals surface area contributed by atoms with Crippen molar-refractivity contribution in [2.45, 2.75) is 0 Å². The maximum atomic E-state index is 12.6. The van der Waals surface area contributed by atoms with Gasteiger partial charge in [-0.1, -0.05) is 11.8 Å². The maximum absolute atomic E-state index is 12.6. The van der Waals surface area contributed by atoms with E-state index in [0.29, 0.717) is 0 Å². The summed E-state index contributed by atoms with van der Waals surface area (Å²) >= 11 is 0. The first-order chi connectivity index (χ1) is 8.88. The van der Waals surface area contributed by atoms with E-state index in [9.17, 15) is 17.6 Å². The Labute approximate surface area is 110 Å². The van der Waals surface area contributed by atoms with Crippen molar-refractivity contribution in [2.75, 3.05) is 19.5 Å². The predicted octanol–water partition coefficient (Wildman–Crippen LogP) is 0.962. The Balaban J connectivity index is 2.35. The fourth-order valence-electron chi connectivity index (χ4n) is 1.01. The Hall–Kier alpha value is -1.91. The molecule has 19 heavy (non-hydrogen) atoms.